The molecule has 2 aliphatic carbocycles. The lowest BCUT2D eigenvalue weighted by atomic mass is 9.65. The third-order valence-electron chi connectivity index (χ3n) is 12.3. The van der Waals surface area contributed by atoms with Crippen LogP contribution >= 0.6 is 0 Å². The van der Waals surface area contributed by atoms with Gasteiger partial charge < -0.3 is 24.4 Å². The minimum absolute atomic E-state index is 0.182. The van der Waals surface area contributed by atoms with E-state index in [1.165, 1.54) is 34.6 Å². The van der Waals surface area contributed by atoms with Gasteiger partial charge in [0.25, 0.3) is 5.60 Å². The fourth-order valence-corrected chi connectivity index (χ4v) is 8.77. The van der Waals surface area contributed by atoms with Gasteiger partial charge in [-0.15, -0.1) is 0 Å². The highest BCUT2D eigenvalue weighted by molar-refractivity contribution is 5.83. The van der Waals surface area contributed by atoms with Crippen molar-refractivity contribution in [1.82, 2.24) is 0 Å². The molecule has 0 heterocycles. The van der Waals surface area contributed by atoms with Gasteiger partial charge in [0, 0.05) is 11.8 Å². The van der Waals surface area contributed by atoms with Crippen LogP contribution in [0.5, 0.6) is 0 Å². The number of halogens is 9. The number of esters is 3. The topological polar surface area (TPSA) is 119 Å². The SMILES string of the molecule is CCC1(OC(=O)C(C)(CC(C)(C)C(=O)OC2CC(C(C)(O)C(F)(F)F)CC(C(O)(C(F)(F)F)C(F)(F)F)C2)CC(C)(C)C(=O)OC(C)(C)c2ccccc2)CCCC1. The molecule has 8 nitrogen and oxygen atoms in total. The summed E-state index contributed by atoms with van der Waals surface area (Å²) >= 11 is 0. The van der Waals surface area contributed by atoms with E-state index in [0.29, 0.717) is 24.8 Å². The lowest BCUT2D eigenvalue weighted by Crippen LogP contribution is -2.64. The normalized spacial score (nSPS) is 23.3. The van der Waals surface area contributed by atoms with Crippen molar-refractivity contribution >= 4 is 17.9 Å². The number of hydrogen-bond acceptors (Lipinski definition) is 8. The van der Waals surface area contributed by atoms with Gasteiger partial charge in [-0.25, -0.2) is 0 Å². The van der Waals surface area contributed by atoms with Gasteiger partial charge in [-0.2, -0.15) is 39.5 Å². The average Bonchev–Trinajstić information content (AvgIpc) is 3.54. The molecular weight excluding hydrogens is 791 g/mol. The zero-order valence-corrected chi connectivity index (χ0v) is 34.4. The monoisotopic (exact) mass is 848 g/mol. The minimum atomic E-state index is -6.42. The summed E-state index contributed by atoms with van der Waals surface area (Å²) in [5, 5.41) is 20.7. The maximum atomic E-state index is 14.4. The number of carbonyl (C=O) groups is 3. The minimum Gasteiger partial charge on any atom is -0.462 e. The Morgan fingerprint density at radius 2 is 1.14 bits per heavy atom. The molecule has 1 aromatic carbocycles. The Hall–Kier alpha value is -3.08. The van der Waals surface area contributed by atoms with Crippen LogP contribution in [0.3, 0.4) is 0 Å². The summed E-state index contributed by atoms with van der Waals surface area (Å²) in [4.78, 5) is 42.2. The average molecular weight is 849 g/mol. The number of ether oxygens (including phenoxy) is 3. The van der Waals surface area contributed by atoms with Gasteiger partial charge in [0.2, 0.25) is 0 Å². The predicted octanol–water partition coefficient (Wildman–Crippen LogP) is 10.1. The van der Waals surface area contributed by atoms with Crippen molar-refractivity contribution in [3.05, 3.63) is 35.9 Å². The van der Waals surface area contributed by atoms with Gasteiger partial charge in [0.1, 0.15) is 17.3 Å². The highest BCUT2D eigenvalue weighted by Crippen LogP contribution is 2.56. The Morgan fingerprint density at radius 3 is 1.59 bits per heavy atom. The fourth-order valence-electron chi connectivity index (χ4n) is 8.77. The Labute approximate surface area is 333 Å². The van der Waals surface area contributed by atoms with E-state index >= 15 is 0 Å². The predicted molar refractivity (Wildman–Crippen MR) is 192 cm³/mol. The molecule has 2 N–H and O–H groups in total. The molecule has 1 aromatic rings. The molecule has 332 valence electrons. The highest BCUT2D eigenvalue weighted by atomic mass is 19.4. The van der Waals surface area contributed by atoms with E-state index in [2.05, 4.69) is 0 Å². The van der Waals surface area contributed by atoms with E-state index in [1.807, 2.05) is 6.92 Å². The van der Waals surface area contributed by atoms with Crippen molar-refractivity contribution in [2.24, 2.45) is 28.1 Å². The number of aliphatic hydroxyl groups is 2. The first kappa shape index (κ1) is 49.3. The summed E-state index contributed by atoms with van der Waals surface area (Å²) in [6, 6.07) is 8.82. The zero-order chi connectivity index (χ0) is 44.8. The van der Waals surface area contributed by atoms with Gasteiger partial charge in [-0.1, -0.05) is 37.3 Å². The molecule has 2 aliphatic rings. The fraction of sp³-hybridized carbons (Fsp3) is 0.780. The maximum absolute atomic E-state index is 14.4. The number of carbonyl (C=O) groups excluding carboxylic acids is 3. The largest absolute Gasteiger partial charge is 0.462 e. The molecule has 0 amide bonds. The molecule has 0 radical (unpaired) electrons. The molecule has 17 heteroatoms. The number of rotatable bonds is 14. The molecule has 3 rings (SSSR count). The van der Waals surface area contributed by atoms with Crippen LogP contribution in [0.1, 0.15) is 132 Å². The third-order valence-corrected chi connectivity index (χ3v) is 12.3. The summed E-state index contributed by atoms with van der Waals surface area (Å²) < 4.78 is 144. The van der Waals surface area contributed by atoms with E-state index in [1.54, 1.807) is 44.2 Å². The molecule has 0 aliphatic heterocycles. The van der Waals surface area contributed by atoms with Crippen molar-refractivity contribution in [2.75, 3.05) is 0 Å². The molecule has 0 saturated heterocycles. The maximum Gasteiger partial charge on any atom is 0.426 e. The molecule has 2 saturated carbocycles. The summed E-state index contributed by atoms with van der Waals surface area (Å²) in [5.41, 5.74) is -15.7. The van der Waals surface area contributed by atoms with Gasteiger partial charge in [-0.3, -0.25) is 14.4 Å². The van der Waals surface area contributed by atoms with Crippen LogP contribution in [0.25, 0.3) is 0 Å². The van der Waals surface area contributed by atoms with E-state index in [4.69, 9.17) is 14.2 Å². The van der Waals surface area contributed by atoms with Crippen LogP contribution in [-0.4, -0.2) is 69.6 Å². The standard InChI is InChI=1S/C41H57F9O8/c1-10-37(18-14-15-19-37)58-31(53)35(8,24-33(4,5)30(52)57-34(6,7)25-16-12-11-13-17-25)23-32(2,3)29(51)56-28-21-26(36(9,54)39(42,43)44)20-27(22-28)38(55,40(45,46)47)41(48,49)50/h11-13,16-17,26-28,54-55H,10,14-15,18-24H2,1-9H3. The molecule has 58 heavy (non-hydrogen) atoms. The molecule has 2 fully saturated rings. The van der Waals surface area contributed by atoms with E-state index in [-0.39, 0.29) is 13.3 Å². The highest BCUT2D eigenvalue weighted by Gasteiger charge is 2.75. The molecular formula is C41H57F9O8. The van der Waals surface area contributed by atoms with Crippen LogP contribution in [0.15, 0.2) is 30.3 Å². The van der Waals surface area contributed by atoms with Crippen molar-refractivity contribution in [2.45, 2.75) is 174 Å². The lowest BCUT2D eigenvalue weighted by molar-refractivity contribution is -0.391. The van der Waals surface area contributed by atoms with Crippen molar-refractivity contribution < 1.29 is 78.3 Å². The Bertz CT molecular complexity index is 1600. The first-order valence-electron chi connectivity index (χ1n) is 19.4. The molecule has 0 spiro atoms. The van der Waals surface area contributed by atoms with E-state index in [9.17, 15) is 64.1 Å². The second-order valence-corrected chi connectivity index (χ2v) is 18.6. The second kappa shape index (κ2) is 16.4. The first-order valence-corrected chi connectivity index (χ1v) is 19.4. The smallest absolute Gasteiger partial charge is 0.426 e. The Morgan fingerprint density at radius 1 is 0.672 bits per heavy atom. The number of benzene rings is 1. The number of hydrogen-bond donors (Lipinski definition) is 2. The summed E-state index contributed by atoms with van der Waals surface area (Å²) in [7, 11) is 0. The summed E-state index contributed by atoms with van der Waals surface area (Å²) in [6.07, 6.45) is -22.1. The zero-order valence-electron chi connectivity index (χ0n) is 34.4. The Kier molecular flexibility index (Phi) is 13.9. The molecule has 0 bridgehead atoms. The summed E-state index contributed by atoms with van der Waals surface area (Å²) in [6.45, 7) is 12.4. The lowest BCUT2D eigenvalue weighted by Gasteiger charge is -2.48. The van der Waals surface area contributed by atoms with Gasteiger partial charge >= 0.3 is 36.4 Å². The van der Waals surface area contributed by atoms with Crippen molar-refractivity contribution in [3.8, 4) is 0 Å². The molecule has 5 atom stereocenters. The molecule has 5 unspecified atom stereocenters. The van der Waals surface area contributed by atoms with Crippen LogP contribution in [0.2, 0.25) is 0 Å². The van der Waals surface area contributed by atoms with Crippen LogP contribution in [0.4, 0.5) is 39.5 Å². The second-order valence-electron chi connectivity index (χ2n) is 18.6. The van der Waals surface area contributed by atoms with Gasteiger partial charge in [0.05, 0.1) is 16.2 Å². The Balaban J connectivity index is 2.02. The van der Waals surface area contributed by atoms with Gasteiger partial charge in [-0.05, 0) is 125 Å². The molecule has 0 aromatic heterocycles. The third kappa shape index (κ3) is 10.3. The van der Waals surface area contributed by atoms with Crippen molar-refractivity contribution in [3.63, 3.8) is 0 Å². The van der Waals surface area contributed by atoms with Gasteiger partial charge in [0.15, 0.2) is 5.60 Å². The van der Waals surface area contributed by atoms with Crippen LogP contribution < -0.4 is 0 Å². The quantitative estimate of drug-likeness (QED) is 0.108. The number of alkyl halides is 9. The summed E-state index contributed by atoms with van der Waals surface area (Å²) in [5.74, 6) is -8.22. The van der Waals surface area contributed by atoms with Crippen LogP contribution in [-0.2, 0) is 34.2 Å². The van der Waals surface area contributed by atoms with E-state index in [0.717, 1.165) is 12.8 Å². The first-order chi connectivity index (χ1) is 26.0. The van der Waals surface area contributed by atoms with Crippen LogP contribution in [0, 0.1) is 28.1 Å². The van der Waals surface area contributed by atoms with Crippen molar-refractivity contribution in [1.29, 1.82) is 0 Å². The van der Waals surface area contributed by atoms with E-state index < -0.39 is 119 Å².